The van der Waals surface area contributed by atoms with Gasteiger partial charge >= 0.3 is 0 Å². The molecule has 2 aromatic carbocycles. The average Bonchev–Trinajstić information content (AvgIpc) is 3.53. The first-order chi connectivity index (χ1) is 16.5. The molecule has 2 aromatic heterocycles. The Hall–Kier alpha value is -3.97. The molecule has 0 radical (unpaired) electrons. The van der Waals surface area contributed by atoms with Gasteiger partial charge in [-0.2, -0.15) is 5.10 Å². The van der Waals surface area contributed by atoms with E-state index in [1.54, 1.807) is 48.5 Å². The maximum Gasteiger partial charge on any atom is 0.251 e. The number of hydrogen-bond donors (Lipinski definition) is 1. The molecule has 0 fully saturated rings. The van der Waals surface area contributed by atoms with Crippen molar-refractivity contribution in [1.29, 1.82) is 0 Å². The Balaban J connectivity index is 1.48. The first-order valence-electron chi connectivity index (χ1n) is 10.9. The largest absolute Gasteiger partial charge is 0.355 e. The number of nitrogens with one attached hydrogen (secondary N) is 1. The van der Waals surface area contributed by atoms with Gasteiger partial charge in [-0.3, -0.25) is 14.3 Å². The summed E-state index contributed by atoms with van der Waals surface area (Å²) in [5.74, 6) is -0.239. The van der Waals surface area contributed by atoms with E-state index in [-0.39, 0.29) is 11.8 Å². The van der Waals surface area contributed by atoms with Crippen molar-refractivity contribution in [2.45, 2.75) is 13.1 Å². The van der Waals surface area contributed by atoms with Crippen molar-refractivity contribution in [3.05, 3.63) is 107 Å². The molecule has 0 spiro atoms. The molecule has 0 aliphatic rings. The zero-order valence-corrected chi connectivity index (χ0v) is 20.0. The van der Waals surface area contributed by atoms with E-state index in [0.29, 0.717) is 18.7 Å². The standard InChI is InChI=1S/C27H26N4O2S/c1-28-27(33)22-12-10-21(11-13-22)17-30(2)25(32)15-14-23-19-31(18-20-7-4-3-5-8-20)29-26(23)24-9-6-16-34-24/h3-16,19H,17-18H2,1-2H3,(H,28,33)/b15-14+. The van der Waals surface area contributed by atoms with Crippen LogP contribution in [0.2, 0.25) is 0 Å². The number of nitrogens with zero attached hydrogens (tertiary/aromatic N) is 3. The van der Waals surface area contributed by atoms with E-state index < -0.39 is 0 Å². The number of likely N-dealkylation sites (N-methyl/N-ethyl adjacent to an activating group) is 1. The average molecular weight is 471 g/mol. The lowest BCUT2D eigenvalue weighted by molar-refractivity contribution is -0.125. The minimum absolute atomic E-state index is 0.108. The number of thiophene rings is 1. The predicted octanol–water partition coefficient (Wildman–Crippen LogP) is 4.69. The van der Waals surface area contributed by atoms with Crippen molar-refractivity contribution in [1.82, 2.24) is 20.0 Å². The van der Waals surface area contributed by atoms with E-state index >= 15 is 0 Å². The van der Waals surface area contributed by atoms with Crippen LogP contribution < -0.4 is 5.32 Å². The number of rotatable bonds is 8. The fourth-order valence-electron chi connectivity index (χ4n) is 3.56. The molecular weight excluding hydrogens is 444 g/mol. The monoisotopic (exact) mass is 470 g/mol. The third-order valence-electron chi connectivity index (χ3n) is 5.38. The van der Waals surface area contributed by atoms with Crippen molar-refractivity contribution in [3.8, 4) is 10.6 Å². The number of amides is 2. The molecule has 2 amide bonds. The summed E-state index contributed by atoms with van der Waals surface area (Å²) >= 11 is 1.62. The molecule has 2 heterocycles. The zero-order chi connectivity index (χ0) is 23.9. The van der Waals surface area contributed by atoms with Crippen LogP contribution in [-0.2, 0) is 17.9 Å². The molecule has 34 heavy (non-hydrogen) atoms. The van der Waals surface area contributed by atoms with E-state index in [2.05, 4.69) is 17.4 Å². The van der Waals surface area contributed by atoms with Gasteiger partial charge in [-0.1, -0.05) is 48.5 Å². The van der Waals surface area contributed by atoms with Crippen molar-refractivity contribution >= 4 is 29.2 Å². The highest BCUT2D eigenvalue weighted by Gasteiger charge is 2.12. The summed E-state index contributed by atoms with van der Waals surface area (Å²) in [5, 5.41) is 9.41. The quantitative estimate of drug-likeness (QED) is 0.380. The molecule has 7 heteroatoms. The molecule has 4 rings (SSSR count). The van der Waals surface area contributed by atoms with E-state index in [1.165, 1.54) is 0 Å². The number of carbonyl (C=O) groups excluding carboxylic acids is 2. The Labute approximate surface area is 203 Å². The van der Waals surface area contributed by atoms with Crippen LogP contribution in [0.5, 0.6) is 0 Å². The van der Waals surface area contributed by atoms with Crippen LogP contribution in [0.3, 0.4) is 0 Å². The maximum absolute atomic E-state index is 12.8. The second-order valence-electron chi connectivity index (χ2n) is 7.90. The summed E-state index contributed by atoms with van der Waals surface area (Å²) in [4.78, 5) is 27.2. The lowest BCUT2D eigenvalue weighted by atomic mass is 10.1. The molecule has 172 valence electrons. The molecule has 0 unspecified atom stereocenters. The topological polar surface area (TPSA) is 67.2 Å². The predicted molar refractivity (Wildman–Crippen MR) is 136 cm³/mol. The fraction of sp³-hybridized carbons (Fsp3) is 0.148. The number of carbonyl (C=O) groups is 2. The third kappa shape index (κ3) is 5.68. The molecule has 0 aliphatic heterocycles. The highest BCUT2D eigenvalue weighted by atomic mass is 32.1. The summed E-state index contributed by atoms with van der Waals surface area (Å²) in [6.07, 6.45) is 5.39. The van der Waals surface area contributed by atoms with Crippen LogP contribution in [0.1, 0.15) is 27.0 Å². The smallest absolute Gasteiger partial charge is 0.251 e. The number of benzene rings is 2. The van der Waals surface area contributed by atoms with Gasteiger partial charge in [0.1, 0.15) is 5.69 Å². The van der Waals surface area contributed by atoms with Gasteiger partial charge < -0.3 is 10.2 Å². The van der Waals surface area contributed by atoms with Crippen LogP contribution in [0.25, 0.3) is 16.6 Å². The van der Waals surface area contributed by atoms with Gasteiger partial charge in [0, 0.05) is 44.0 Å². The highest BCUT2D eigenvalue weighted by Crippen LogP contribution is 2.28. The number of aromatic nitrogens is 2. The zero-order valence-electron chi connectivity index (χ0n) is 19.1. The van der Waals surface area contributed by atoms with E-state index in [0.717, 1.165) is 27.3 Å². The fourth-order valence-corrected chi connectivity index (χ4v) is 4.29. The molecule has 0 atom stereocenters. The lowest BCUT2D eigenvalue weighted by Gasteiger charge is -2.15. The van der Waals surface area contributed by atoms with Crippen molar-refractivity contribution in [2.24, 2.45) is 0 Å². The molecule has 0 saturated heterocycles. The van der Waals surface area contributed by atoms with Crippen LogP contribution in [-0.4, -0.2) is 40.6 Å². The summed E-state index contributed by atoms with van der Waals surface area (Å²) in [7, 11) is 3.36. The van der Waals surface area contributed by atoms with Crippen LogP contribution in [0, 0.1) is 0 Å². The minimum atomic E-state index is -0.131. The number of hydrogen-bond acceptors (Lipinski definition) is 4. The first-order valence-corrected chi connectivity index (χ1v) is 11.8. The van der Waals surface area contributed by atoms with Gasteiger partial charge in [-0.25, -0.2) is 0 Å². The normalized spacial score (nSPS) is 11.0. The van der Waals surface area contributed by atoms with Crippen LogP contribution in [0.15, 0.2) is 84.4 Å². The summed E-state index contributed by atoms with van der Waals surface area (Å²) in [5.41, 5.74) is 4.47. The van der Waals surface area contributed by atoms with Gasteiger partial charge in [0.25, 0.3) is 5.91 Å². The van der Waals surface area contributed by atoms with Crippen LogP contribution in [0.4, 0.5) is 0 Å². The molecule has 0 bridgehead atoms. The highest BCUT2D eigenvalue weighted by molar-refractivity contribution is 7.13. The van der Waals surface area contributed by atoms with Gasteiger partial charge in [0.05, 0.1) is 11.4 Å². The molecule has 0 aliphatic carbocycles. The SMILES string of the molecule is CNC(=O)c1ccc(CN(C)C(=O)/C=C/c2cn(Cc3ccccc3)nc2-c2cccs2)cc1. The van der Waals surface area contributed by atoms with Crippen molar-refractivity contribution < 1.29 is 9.59 Å². The van der Waals surface area contributed by atoms with E-state index in [1.807, 2.05) is 64.8 Å². The lowest BCUT2D eigenvalue weighted by Crippen LogP contribution is -2.24. The van der Waals surface area contributed by atoms with Crippen molar-refractivity contribution in [3.63, 3.8) is 0 Å². The minimum Gasteiger partial charge on any atom is -0.355 e. The van der Waals surface area contributed by atoms with Gasteiger partial charge in [-0.15, -0.1) is 11.3 Å². The van der Waals surface area contributed by atoms with Gasteiger partial charge in [-0.05, 0) is 40.8 Å². The third-order valence-corrected chi connectivity index (χ3v) is 6.25. The van der Waals surface area contributed by atoms with E-state index in [4.69, 9.17) is 5.10 Å². The maximum atomic E-state index is 12.8. The van der Waals surface area contributed by atoms with E-state index in [9.17, 15) is 9.59 Å². The Morgan fingerprint density at radius 3 is 2.47 bits per heavy atom. The molecule has 6 nitrogen and oxygen atoms in total. The van der Waals surface area contributed by atoms with Crippen molar-refractivity contribution in [2.75, 3.05) is 14.1 Å². The Kier molecular flexibility index (Phi) is 7.34. The van der Waals surface area contributed by atoms with Crippen LogP contribution >= 0.6 is 11.3 Å². The summed E-state index contributed by atoms with van der Waals surface area (Å²) in [6, 6.07) is 21.4. The molecule has 4 aromatic rings. The second-order valence-corrected chi connectivity index (χ2v) is 8.84. The van der Waals surface area contributed by atoms with Gasteiger partial charge in [0.15, 0.2) is 0 Å². The Morgan fingerprint density at radius 1 is 1.03 bits per heavy atom. The molecule has 1 N–H and O–H groups in total. The molecule has 0 saturated carbocycles. The second kappa shape index (κ2) is 10.8. The van der Waals surface area contributed by atoms with Gasteiger partial charge in [0.2, 0.25) is 5.91 Å². The molecular formula is C27H26N4O2S. The first kappa shape index (κ1) is 23.2. The Bertz CT molecular complexity index is 1280. The summed E-state index contributed by atoms with van der Waals surface area (Å²) in [6.45, 7) is 1.11. The summed E-state index contributed by atoms with van der Waals surface area (Å²) < 4.78 is 1.91. The Morgan fingerprint density at radius 2 is 1.79 bits per heavy atom.